The Hall–Kier alpha value is -4.02. The van der Waals surface area contributed by atoms with Crippen LogP contribution in [0.5, 0.6) is 0 Å². The summed E-state index contributed by atoms with van der Waals surface area (Å²) in [5, 5.41) is 9.77. The summed E-state index contributed by atoms with van der Waals surface area (Å²) >= 11 is 2.92. The number of nitrogens with one attached hydrogen (secondary N) is 1. The van der Waals surface area contributed by atoms with Crippen LogP contribution in [0.25, 0.3) is 22.3 Å². The molecule has 0 saturated carbocycles. The molecular formula is C27H24N4O4S2. The second-order valence-electron chi connectivity index (χ2n) is 8.46. The van der Waals surface area contributed by atoms with Crippen LogP contribution in [0.15, 0.2) is 60.1 Å². The summed E-state index contributed by atoms with van der Waals surface area (Å²) in [6.45, 7) is -0.481. The number of hydrogen-bond donors (Lipinski definition) is 2. The van der Waals surface area contributed by atoms with Gasteiger partial charge in [0.15, 0.2) is 6.61 Å². The van der Waals surface area contributed by atoms with Gasteiger partial charge in [-0.2, -0.15) is 5.10 Å². The smallest absolute Gasteiger partial charge is 0.331 e. The maximum absolute atomic E-state index is 12.5. The van der Waals surface area contributed by atoms with Crippen molar-refractivity contribution in [1.82, 2.24) is 9.78 Å². The molecule has 0 atom stereocenters. The molecule has 37 heavy (non-hydrogen) atoms. The third-order valence-electron chi connectivity index (χ3n) is 5.93. The standard InChI is InChI=1S/C27H24N4O4S2/c28-26(34)24-19-9-4-5-10-20(19)37-27(24)29-22(32)16-35-23(33)13-12-17-15-31(18-7-2-1-3-8-18)30-25(17)21-11-6-14-36-21/h1-3,6-8,11-15H,4-5,9-10,16H2,(H2,28,34)(H,29,32)/b13-12+. The number of thiophene rings is 2. The number of nitrogens with two attached hydrogens (primary N) is 1. The second-order valence-corrected chi connectivity index (χ2v) is 10.5. The van der Waals surface area contributed by atoms with E-state index in [4.69, 9.17) is 15.6 Å². The Labute approximate surface area is 221 Å². The van der Waals surface area contributed by atoms with Crippen LogP contribution in [-0.4, -0.2) is 34.2 Å². The van der Waals surface area contributed by atoms with Gasteiger partial charge in [-0.25, -0.2) is 9.48 Å². The van der Waals surface area contributed by atoms with Crippen LogP contribution < -0.4 is 11.1 Å². The van der Waals surface area contributed by atoms with Crippen molar-refractivity contribution in [2.45, 2.75) is 25.7 Å². The number of esters is 1. The number of carbonyl (C=O) groups is 3. The number of hydrogen-bond acceptors (Lipinski definition) is 7. The maximum Gasteiger partial charge on any atom is 0.331 e. The largest absolute Gasteiger partial charge is 0.452 e. The number of anilines is 1. The molecule has 3 aromatic heterocycles. The van der Waals surface area contributed by atoms with Crippen molar-refractivity contribution in [3.63, 3.8) is 0 Å². The molecule has 1 aliphatic carbocycles. The normalized spacial score (nSPS) is 12.9. The topological polar surface area (TPSA) is 116 Å². The Bertz CT molecular complexity index is 1470. The van der Waals surface area contributed by atoms with Gasteiger partial charge in [0, 0.05) is 22.7 Å². The van der Waals surface area contributed by atoms with Gasteiger partial charge in [-0.15, -0.1) is 22.7 Å². The summed E-state index contributed by atoms with van der Waals surface area (Å²) in [6, 6.07) is 13.6. The Morgan fingerprint density at radius 1 is 1.11 bits per heavy atom. The van der Waals surface area contributed by atoms with Crippen molar-refractivity contribution in [3.8, 4) is 16.3 Å². The van der Waals surface area contributed by atoms with E-state index in [1.165, 1.54) is 17.4 Å². The van der Waals surface area contributed by atoms with Crippen LogP contribution in [-0.2, 0) is 27.2 Å². The molecule has 3 heterocycles. The molecule has 1 aromatic carbocycles. The zero-order valence-corrected chi connectivity index (χ0v) is 21.4. The number of aryl methyl sites for hydroxylation is 1. The van der Waals surface area contributed by atoms with Crippen molar-refractivity contribution in [1.29, 1.82) is 0 Å². The number of fused-ring (bicyclic) bond motifs is 1. The average molecular weight is 533 g/mol. The minimum Gasteiger partial charge on any atom is -0.452 e. The summed E-state index contributed by atoms with van der Waals surface area (Å²) < 4.78 is 6.90. The molecule has 0 unspecified atom stereocenters. The molecule has 0 bridgehead atoms. The fourth-order valence-corrected chi connectivity index (χ4v) is 6.29. The number of amides is 2. The number of carbonyl (C=O) groups excluding carboxylic acids is 3. The molecule has 4 aromatic rings. The highest BCUT2D eigenvalue weighted by atomic mass is 32.1. The van der Waals surface area contributed by atoms with Gasteiger partial charge < -0.3 is 15.8 Å². The van der Waals surface area contributed by atoms with Crippen molar-refractivity contribution in [2.24, 2.45) is 5.73 Å². The van der Waals surface area contributed by atoms with Crippen LogP contribution >= 0.6 is 22.7 Å². The maximum atomic E-state index is 12.5. The third kappa shape index (κ3) is 5.55. The van der Waals surface area contributed by atoms with E-state index in [-0.39, 0.29) is 0 Å². The highest BCUT2D eigenvalue weighted by molar-refractivity contribution is 7.17. The predicted molar refractivity (Wildman–Crippen MR) is 145 cm³/mol. The Morgan fingerprint density at radius 2 is 1.92 bits per heavy atom. The SMILES string of the molecule is NC(=O)c1c(NC(=O)COC(=O)/C=C/c2cn(-c3ccccc3)nc2-c2cccs2)sc2c1CCCC2. The number of ether oxygens (including phenoxy) is 1. The van der Waals surface area contributed by atoms with Gasteiger partial charge in [0.2, 0.25) is 0 Å². The molecule has 0 aliphatic heterocycles. The number of aromatic nitrogens is 2. The van der Waals surface area contributed by atoms with Gasteiger partial charge in [-0.05, 0) is 60.9 Å². The zero-order chi connectivity index (χ0) is 25.8. The van der Waals surface area contributed by atoms with Crippen molar-refractivity contribution in [2.75, 3.05) is 11.9 Å². The molecule has 3 N–H and O–H groups in total. The fraction of sp³-hybridized carbons (Fsp3) is 0.185. The highest BCUT2D eigenvalue weighted by Crippen LogP contribution is 2.37. The van der Waals surface area contributed by atoms with E-state index in [0.29, 0.717) is 10.6 Å². The van der Waals surface area contributed by atoms with Gasteiger partial charge in [-0.3, -0.25) is 9.59 Å². The fourth-order valence-electron chi connectivity index (χ4n) is 4.25. The second kappa shape index (κ2) is 10.9. The molecule has 1 aliphatic rings. The monoisotopic (exact) mass is 532 g/mol. The molecule has 8 nitrogen and oxygen atoms in total. The summed E-state index contributed by atoms with van der Waals surface area (Å²) in [5.41, 5.74) is 9.25. The van der Waals surface area contributed by atoms with Crippen LogP contribution in [0.1, 0.15) is 39.2 Å². The van der Waals surface area contributed by atoms with Crippen LogP contribution in [0, 0.1) is 0 Å². The summed E-state index contributed by atoms with van der Waals surface area (Å²) in [4.78, 5) is 38.9. The lowest BCUT2D eigenvalue weighted by atomic mass is 9.95. The van der Waals surface area contributed by atoms with Gasteiger partial charge in [0.05, 0.1) is 16.1 Å². The van der Waals surface area contributed by atoms with E-state index in [1.54, 1.807) is 22.1 Å². The van der Waals surface area contributed by atoms with Crippen molar-refractivity contribution >= 4 is 51.5 Å². The first-order chi connectivity index (χ1) is 18.0. The van der Waals surface area contributed by atoms with Crippen molar-refractivity contribution < 1.29 is 19.1 Å². The molecule has 188 valence electrons. The summed E-state index contributed by atoms with van der Waals surface area (Å²) in [5.74, 6) is -1.76. The number of benzene rings is 1. The molecule has 2 amide bonds. The van der Waals surface area contributed by atoms with E-state index in [1.807, 2.05) is 54.0 Å². The third-order valence-corrected chi connectivity index (χ3v) is 8.02. The lowest BCUT2D eigenvalue weighted by Gasteiger charge is -2.11. The lowest BCUT2D eigenvalue weighted by Crippen LogP contribution is -2.22. The summed E-state index contributed by atoms with van der Waals surface area (Å²) in [7, 11) is 0. The quantitative estimate of drug-likeness (QED) is 0.249. The molecule has 0 fully saturated rings. The lowest BCUT2D eigenvalue weighted by molar-refractivity contribution is -0.142. The number of primary amides is 1. The highest BCUT2D eigenvalue weighted by Gasteiger charge is 2.25. The Kier molecular flexibility index (Phi) is 7.29. The molecule has 0 spiro atoms. The zero-order valence-electron chi connectivity index (χ0n) is 19.8. The van der Waals surface area contributed by atoms with Gasteiger partial charge >= 0.3 is 5.97 Å². The van der Waals surface area contributed by atoms with E-state index in [2.05, 4.69) is 5.32 Å². The van der Waals surface area contributed by atoms with Gasteiger partial charge in [0.25, 0.3) is 11.8 Å². The van der Waals surface area contributed by atoms with Gasteiger partial charge in [-0.1, -0.05) is 24.3 Å². The first-order valence-corrected chi connectivity index (χ1v) is 13.5. The minimum atomic E-state index is -0.666. The predicted octanol–water partition coefficient (Wildman–Crippen LogP) is 4.84. The minimum absolute atomic E-state index is 0.371. The first kappa shape index (κ1) is 24.7. The Balaban J connectivity index is 1.25. The van der Waals surface area contributed by atoms with E-state index in [9.17, 15) is 14.4 Å². The first-order valence-electron chi connectivity index (χ1n) is 11.8. The molecule has 0 radical (unpaired) electrons. The molecule has 10 heteroatoms. The van der Waals surface area contributed by atoms with Crippen molar-refractivity contribution in [3.05, 3.63) is 81.7 Å². The van der Waals surface area contributed by atoms with Crippen LogP contribution in [0.3, 0.4) is 0 Å². The van der Waals surface area contributed by atoms with E-state index < -0.39 is 24.4 Å². The van der Waals surface area contributed by atoms with E-state index in [0.717, 1.165) is 57.9 Å². The molecule has 0 saturated heterocycles. The molecular weight excluding hydrogens is 508 g/mol. The van der Waals surface area contributed by atoms with Crippen LogP contribution in [0.2, 0.25) is 0 Å². The Morgan fingerprint density at radius 3 is 2.68 bits per heavy atom. The number of nitrogens with zero attached hydrogens (tertiary/aromatic N) is 2. The number of rotatable bonds is 8. The molecule has 5 rings (SSSR count). The van der Waals surface area contributed by atoms with Crippen LogP contribution in [0.4, 0.5) is 5.00 Å². The van der Waals surface area contributed by atoms with Gasteiger partial charge in [0.1, 0.15) is 10.7 Å². The van der Waals surface area contributed by atoms with E-state index >= 15 is 0 Å². The summed E-state index contributed by atoms with van der Waals surface area (Å²) in [6.07, 6.45) is 8.40. The average Bonchev–Trinajstić information content (AvgIpc) is 3.65. The number of para-hydroxylation sites is 1.